The van der Waals surface area contributed by atoms with Crippen molar-refractivity contribution in [3.8, 4) is 0 Å². The van der Waals surface area contributed by atoms with Crippen LogP contribution in [0.2, 0.25) is 0 Å². The lowest BCUT2D eigenvalue weighted by atomic mass is 10.4. The second kappa shape index (κ2) is 3.26. The van der Waals surface area contributed by atoms with Crippen LogP contribution in [-0.2, 0) is 10.0 Å². The zero-order valence-corrected chi connectivity index (χ0v) is 7.44. The monoisotopic (exact) mass is 199 g/mol. The fourth-order valence-electron chi connectivity index (χ4n) is 1.14. The van der Waals surface area contributed by atoms with Crippen molar-refractivity contribution < 1.29 is 17.2 Å². The van der Waals surface area contributed by atoms with Gasteiger partial charge in [0.15, 0.2) is 0 Å². The maximum Gasteiger partial charge on any atom is 0.241 e. The standard InChI is InChI=1S/C6H11F2NO2S/c1-9-12(10,11)3-4-2-5(4)6(7)8/h4-6,9H,2-3H2,1H3/t4-,5-/m0/s1. The minimum absolute atomic E-state index is 0.168. The van der Waals surface area contributed by atoms with Gasteiger partial charge in [-0.15, -0.1) is 0 Å². The fourth-order valence-corrected chi connectivity index (χ4v) is 2.25. The van der Waals surface area contributed by atoms with E-state index in [0.717, 1.165) is 0 Å². The zero-order chi connectivity index (χ0) is 9.35. The summed E-state index contributed by atoms with van der Waals surface area (Å²) in [4.78, 5) is 0. The first-order chi connectivity index (χ1) is 5.46. The molecule has 0 aromatic carbocycles. The topological polar surface area (TPSA) is 46.2 Å². The van der Waals surface area contributed by atoms with Crippen molar-refractivity contribution in [1.29, 1.82) is 0 Å². The molecule has 0 spiro atoms. The molecule has 2 atom stereocenters. The third-order valence-corrected chi connectivity index (χ3v) is 3.53. The molecule has 72 valence electrons. The van der Waals surface area contributed by atoms with E-state index >= 15 is 0 Å². The highest BCUT2D eigenvalue weighted by atomic mass is 32.2. The van der Waals surface area contributed by atoms with E-state index in [0.29, 0.717) is 6.42 Å². The van der Waals surface area contributed by atoms with Gasteiger partial charge in [0.2, 0.25) is 16.4 Å². The number of hydrogen-bond acceptors (Lipinski definition) is 2. The van der Waals surface area contributed by atoms with Crippen LogP contribution in [0, 0.1) is 11.8 Å². The number of alkyl halides is 2. The molecule has 0 amide bonds. The van der Waals surface area contributed by atoms with E-state index in [1.165, 1.54) is 7.05 Å². The van der Waals surface area contributed by atoms with E-state index in [4.69, 9.17) is 0 Å². The molecule has 12 heavy (non-hydrogen) atoms. The normalized spacial score (nSPS) is 29.3. The van der Waals surface area contributed by atoms with Crippen molar-refractivity contribution in [2.45, 2.75) is 12.8 Å². The van der Waals surface area contributed by atoms with E-state index in [2.05, 4.69) is 4.72 Å². The average Bonchev–Trinajstić information content (AvgIpc) is 2.67. The third kappa shape index (κ3) is 2.38. The molecule has 0 aliphatic heterocycles. The second-order valence-corrected chi connectivity index (χ2v) is 4.95. The Balaban J connectivity index is 2.38. The first-order valence-corrected chi connectivity index (χ1v) is 5.31. The first kappa shape index (κ1) is 9.85. The van der Waals surface area contributed by atoms with E-state index in [1.807, 2.05) is 0 Å². The Bertz CT molecular complexity index is 252. The largest absolute Gasteiger partial charge is 0.241 e. The van der Waals surface area contributed by atoms with Crippen molar-refractivity contribution in [1.82, 2.24) is 4.72 Å². The van der Waals surface area contributed by atoms with Crippen LogP contribution < -0.4 is 4.72 Å². The zero-order valence-electron chi connectivity index (χ0n) is 6.63. The summed E-state index contributed by atoms with van der Waals surface area (Å²) in [5, 5.41) is 0. The molecule has 1 N–H and O–H groups in total. The number of halogens is 2. The molecule has 0 saturated heterocycles. The van der Waals surface area contributed by atoms with Gasteiger partial charge in [-0.25, -0.2) is 21.9 Å². The van der Waals surface area contributed by atoms with E-state index in [1.54, 1.807) is 0 Å². The highest BCUT2D eigenvalue weighted by molar-refractivity contribution is 7.89. The Morgan fingerprint density at radius 3 is 2.50 bits per heavy atom. The van der Waals surface area contributed by atoms with E-state index in [9.17, 15) is 17.2 Å². The molecule has 3 nitrogen and oxygen atoms in total. The number of hydrogen-bond donors (Lipinski definition) is 1. The van der Waals surface area contributed by atoms with Crippen LogP contribution in [0.1, 0.15) is 6.42 Å². The van der Waals surface area contributed by atoms with Crippen LogP contribution in [0.3, 0.4) is 0 Å². The molecule has 1 aliphatic carbocycles. The summed E-state index contributed by atoms with van der Waals surface area (Å²) in [7, 11) is -2.02. The molecular formula is C6H11F2NO2S. The third-order valence-electron chi connectivity index (χ3n) is 2.05. The SMILES string of the molecule is CNS(=O)(=O)C[C@@H]1C[C@@H]1C(F)F. The van der Waals surface area contributed by atoms with Crippen LogP contribution >= 0.6 is 0 Å². The Labute approximate surface area is 70.2 Å². The predicted molar refractivity (Wildman–Crippen MR) is 40.4 cm³/mol. The van der Waals surface area contributed by atoms with Crippen molar-refractivity contribution in [3.63, 3.8) is 0 Å². The molecule has 1 fully saturated rings. The lowest BCUT2D eigenvalue weighted by Crippen LogP contribution is -2.23. The van der Waals surface area contributed by atoms with Gasteiger partial charge < -0.3 is 0 Å². The fraction of sp³-hybridized carbons (Fsp3) is 1.00. The van der Waals surface area contributed by atoms with Crippen LogP contribution in [-0.4, -0.2) is 27.6 Å². The minimum Gasteiger partial charge on any atom is -0.218 e. The van der Waals surface area contributed by atoms with Gasteiger partial charge in [-0.05, 0) is 19.4 Å². The Morgan fingerprint density at radius 2 is 2.17 bits per heavy atom. The predicted octanol–water partition coefficient (Wildman–Crippen LogP) is 0.437. The Kier molecular flexibility index (Phi) is 2.67. The minimum atomic E-state index is -3.31. The number of sulfonamides is 1. The molecule has 0 heterocycles. The molecule has 1 aliphatic rings. The van der Waals surface area contributed by atoms with Gasteiger partial charge >= 0.3 is 0 Å². The lowest BCUT2D eigenvalue weighted by Gasteiger charge is -2.00. The van der Waals surface area contributed by atoms with Crippen molar-refractivity contribution in [2.24, 2.45) is 11.8 Å². The summed E-state index contributed by atoms with van der Waals surface area (Å²) in [6.45, 7) is 0. The molecule has 0 radical (unpaired) electrons. The number of nitrogens with one attached hydrogen (secondary N) is 1. The highest BCUT2D eigenvalue weighted by Crippen LogP contribution is 2.43. The highest BCUT2D eigenvalue weighted by Gasteiger charge is 2.45. The maximum atomic E-state index is 11.9. The van der Waals surface area contributed by atoms with Crippen LogP contribution in [0.15, 0.2) is 0 Å². The summed E-state index contributed by atoms with van der Waals surface area (Å²) in [6, 6.07) is 0. The molecule has 0 aromatic heterocycles. The summed E-state index contributed by atoms with van der Waals surface area (Å²) in [5.74, 6) is -1.21. The quantitative estimate of drug-likeness (QED) is 0.714. The molecule has 6 heteroatoms. The van der Waals surface area contributed by atoms with Crippen LogP contribution in [0.5, 0.6) is 0 Å². The van der Waals surface area contributed by atoms with Gasteiger partial charge in [0.1, 0.15) is 0 Å². The van der Waals surface area contributed by atoms with Gasteiger partial charge in [0.25, 0.3) is 0 Å². The van der Waals surface area contributed by atoms with Gasteiger partial charge in [-0.3, -0.25) is 0 Å². The lowest BCUT2D eigenvalue weighted by molar-refractivity contribution is 0.117. The average molecular weight is 199 g/mol. The van der Waals surface area contributed by atoms with E-state index in [-0.39, 0.29) is 11.7 Å². The molecule has 1 rings (SSSR count). The first-order valence-electron chi connectivity index (χ1n) is 3.65. The molecule has 0 aromatic rings. The summed E-state index contributed by atoms with van der Waals surface area (Å²) >= 11 is 0. The van der Waals surface area contributed by atoms with Gasteiger partial charge in [-0.2, -0.15) is 0 Å². The summed E-state index contributed by atoms with van der Waals surface area (Å²) in [6.07, 6.45) is -2.04. The van der Waals surface area contributed by atoms with Crippen molar-refractivity contribution in [2.75, 3.05) is 12.8 Å². The molecule has 0 unspecified atom stereocenters. The van der Waals surface area contributed by atoms with Gasteiger partial charge in [-0.1, -0.05) is 0 Å². The molecule has 1 saturated carbocycles. The van der Waals surface area contributed by atoms with Crippen molar-refractivity contribution >= 4 is 10.0 Å². The molecular weight excluding hydrogens is 188 g/mol. The maximum absolute atomic E-state index is 11.9. The smallest absolute Gasteiger partial charge is 0.218 e. The molecule has 0 bridgehead atoms. The van der Waals surface area contributed by atoms with Crippen molar-refractivity contribution in [3.05, 3.63) is 0 Å². The van der Waals surface area contributed by atoms with Gasteiger partial charge in [0.05, 0.1) is 5.75 Å². The Hall–Kier alpha value is -0.230. The Morgan fingerprint density at radius 1 is 1.58 bits per heavy atom. The second-order valence-electron chi connectivity index (χ2n) is 2.98. The van der Waals surface area contributed by atoms with Gasteiger partial charge in [0, 0.05) is 5.92 Å². The summed E-state index contributed by atoms with van der Waals surface area (Å²) in [5.41, 5.74) is 0. The summed E-state index contributed by atoms with van der Waals surface area (Å²) < 4.78 is 47.7. The van der Waals surface area contributed by atoms with Crippen LogP contribution in [0.25, 0.3) is 0 Å². The van der Waals surface area contributed by atoms with E-state index < -0.39 is 22.4 Å². The number of rotatable bonds is 4. The van der Waals surface area contributed by atoms with Crippen LogP contribution in [0.4, 0.5) is 8.78 Å².